The lowest BCUT2D eigenvalue weighted by molar-refractivity contribution is 0.263. The molecule has 0 amide bonds. The van der Waals surface area contributed by atoms with E-state index in [0.29, 0.717) is 12.6 Å². The molecule has 0 radical (unpaired) electrons. The van der Waals surface area contributed by atoms with Gasteiger partial charge < -0.3 is 10.1 Å². The molecule has 0 aliphatic rings. The van der Waals surface area contributed by atoms with Crippen molar-refractivity contribution in [3.05, 3.63) is 66.2 Å². The zero-order valence-corrected chi connectivity index (χ0v) is 11.4. The maximum atomic E-state index is 5.78. The molecule has 1 atom stereocenters. The first-order valence-corrected chi connectivity index (χ1v) is 6.77. The summed E-state index contributed by atoms with van der Waals surface area (Å²) in [6, 6.07) is 20.9. The average molecular weight is 255 g/mol. The first-order valence-electron chi connectivity index (χ1n) is 6.77. The minimum Gasteiger partial charge on any atom is -0.492 e. The van der Waals surface area contributed by atoms with Crippen LogP contribution < -0.4 is 10.1 Å². The van der Waals surface area contributed by atoms with Crippen LogP contribution >= 0.6 is 0 Å². The summed E-state index contributed by atoms with van der Waals surface area (Å²) < 4.78 is 5.78. The summed E-state index contributed by atoms with van der Waals surface area (Å²) in [5.74, 6) is 0.933. The molecule has 2 nitrogen and oxygen atoms in total. The van der Waals surface area contributed by atoms with Gasteiger partial charge >= 0.3 is 0 Å². The number of hydrogen-bond donors (Lipinski definition) is 1. The summed E-state index contributed by atoms with van der Waals surface area (Å²) >= 11 is 0. The number of aryl methyl sites for hydroxylation is 1. The molecule has 100 valence electrons. The van der Waals surface area contributed by atoms with Gasteiger partial charge in [0.15, 0.2) is 0 Å². The molecule has 0 aliphatic heterocycles. The van der Waals surface area contributed by atoms with E-state index in [0.717, 1.165) is 18.6 Å². The van der Waals surface area contributed by atoms with Crippen molar-refractivity contribution < 1.29 is 4.74 Å². The quantitative estimate of drug-likeness (QED) is 0.819. The van der Waals surface area contributed by atoms with Crippen molar-refractivity contribution in [2.24, 2.45) is 0 Å². The van der Waals surface area contributed by atoms with E-state index in [1.165, 1.54) is 5.56 Å². The first kappa shape index (κ1) is 13.6. The first-order chi connectivity index (χ1) is 9.38. The minimum atomic E-state index is 0.375. The largest absolute Gasteiger partial charge is 0.492 e. The van der Waals surface area contributed by atoms with Crippen molar-refractivity contribution in [1.82, 2.24) is 5.32 Å². The Balaban J connectivity index is 1.77. The number of hydrogen-bond acceptors (Lipinski definition) is 2. The van der Waals surface area contributed by atoms with E-state index in [4.69, 9.17) is 4.74 Å². The van der Waals surface area contributed by atoms with Crippen LogP contribution in [-0.4, -0.2) is 19.7 Å². The number of ether oxygens (including phenoxy) is 1. The lowest BCUT2D eigenvalue weighted by atomic mass is 10.1. The molecular formula is C17H21NO. The van der Waals surface area contributed by atoms with Gasteiger partial charge in [0.05, 0.1) is 0 Å². The maximum Gasteiger partial charge on any atom is 0.119 e. The fourth-order valence-electron chi connectivity index (χ4n) is 2.01. The van der Waals surface area contributed by atoms with Crippen LogP contribution in [0.15, 0.2) is 60.7 Å². The highest BCUT2D eigenvalue weighted by atomic mass is 16.5. The van der Waals surface area contributed by atoms with Crippen LogP contribution in [0.5, 0.6) is 5.75 Å². The zero-order valence-electron chi connectivity index (χ0n) is 11.4. The molecule has 1 N–H and O–H groups in total. The van der Waals surface area contributed by atoms with Gasteiger partial charge in [0.25, 0.3) is 0 Å². The summed E-state index contributed by atoms with van der Waals surface area (Å²) in [6.45, 7) is 0.702. The van der Waals surface area contributed by atoms with Crippen LogP contribution in [-0.2, 0) is 6.42 Å². The number of nitrogens with one attached hydrogen (secondary N) is 1. The van der Waals surface area contributed by atoms with Crippen LogP contribution in [0.4, 0.5) is 0 Å². The second-order valence-electron chi connectivity index (χ2n) is 4.63. The topological polar surface area (TPSA) is 21.3 Å². The Hall–Kier alpha value is -1.80. The van der Waals surface area contributed by atoms with Gasteiger partial charge in [0.1, 0.15) is 12.4 Å². The van der Waals surface area contributed by atoms with Crippen molar-refractivity contribution in [2.75, 3.05) is 13.7 Å². The fraction of sp³-hybridized carbons (Fsp3) is 0.294. The van der Waals surface area contributed by atoms with Gasteiger partial charge in [0.2, 0.25) is 0 Å². The molecule has 2 aromatic rings. The van der Waals surface area contributed by atoms with Crippen molar-refractivity contribution in [2.45, 2.75) is 18.9 Å². The molecule has 0 aliphatic carbocycles. The highest BCUT2D eigenvalue weighted by molar-refractivity contribution is 5.21. The Labute approximate surface area is 115 Å². The molecule has 2 heteroatoms. The summed E-state index contributed by atoms with van der Waals surface area (Å²) in [5.41, 5.74) is 1.38. The Kier molecular flexibility index (Phi) is 5.45. The summed E-state index contributed by atoms with van der Waals surface area (Å²) in [5, 5.41) is 3.32. The van der Waals surface area contributed by atoms with Crippen molar-refractivity contribution in [1.29, 1.82) is 0 Å². The van der Waals surface area contributed by atoms with E-state index in [1.54, 1.807) is 0 Å². The fourth-order valence-corrected chi connectivity index (χ4v) is 2.01. The molecular weight excluding hydrogens is 234 g/mol. The van der Waals surface area contributed by atoms with E-state index < -0.39 is 0 Å². The summed E-state index contributed by atoms with van der Waals surface area (Å²) in [6.07, 6.45) is 2.15. The molecule has 0 saturated heterocycles. The standard InChI is InChI=1S/C17H21NO/c1-18-16(13-12-15-8-4-2-5-9-15)14-19-17-10-6-3-7-11-17/h2-11,16,18H,12-14H2,1H3. The third-order valence-corrected chi connectivity index (χ3v) is 3.23. The summed E-state index contributed by atoms with van der Waals surface area (Å²) in [7, 11) is 1.99. The smallest absolute Gasteiger partial charge is 0.119 e. The Bertz CT molecular complexity index is 412. The third-order valence-electron chi connectivity index (χ3n) is 3.23. The Morgan fingerprint density at radius 3 is 2.21 bits per heavy atom. The molecule has 2 rings (SSSR count). The van der Waals surface area contributed by atoms with Gasteiger partial charge in [-0.05, 0) is 37.6 Å². The van der Waals surface area contributed by atoms with Gasteiger partial charge in [-0.15, -0.1) is 0 Å². The molecule has 0 fully saturated rings. The third kappa shape index (κ3) is 4.76. The number of para-hydroxylation sites is 1. The summed E-state index contributed by atoms with van der Waals surface area (Å²) in [4.78, 5) is 0. The van der Waals surface area contributed by atoms with Gasteiger partial charge in [-0.1, -0.05) is 48.5 Å². The monoisotopic (exact) mass is 255 g/mol. The highest BCUT2D eigenvalue weighted by Gasteiger charge is 2.07. The molecule has 0 bridgehead atoms. The molecule has 0 heterocycles. The zero-order chi connectivity index (χ0) is 13.3. The number of rotatable bonds is 7. The van der Waals surface area contributed by atoms with Crippen LogP contribution in [0.1, 0.15) is 12.0 Å². The molecule has 0 spiro atoms. The molecule has 1 unspecified atom stereocenters. The molecule has 2 aromatic carbocycles. The maximum absolute atomic E-state index is 5.78. The van der Waals surface area contributed by atoms with Gasteiger partial charge in [-0.3, -0.25) is 0 Å². The van der Waals surface area contributed by atoms with E-state index in [1.807, 2.05) is 37.4 Å². The average Bonchev–Trinajstić information content (AvgIpc) is 2.49. The van der Waals surface area contributed by atoms with Crippen molar-refractivity contribution in [3.63, 3.8) is 0 Å². The van der Waals surface area contributed by atoms with Gasteiger partial charge in [-0.2, -0.15) is 0 Å². The second-order valence-corrected chi connectivity index (χ2v) is 4.63. The molecule has 0 aromatic heterocycles. The Morgan fingerprint density at radius 1 is 0.947 bits per heavy atom. The number of benzene rings is 2. The van der Waals surface area contributed by atoms with Crippen LogP contribution in [0.3, 0.4) is 0 Å². The predicted octanol–water partition coefficient (Wildman–Crippen LogP) is 3.29. The highest BCUT2D eigenvalue weighted by Crippen LogP contribution is 2.10. The molecule has 0 saturated carbocycles. The van der Waals surface area contributed by atoms with Gasteiger partial charge in [0, 0.05) is 6.04 Å². The lowest BCUT2D eigenvalue weighted by Gasteiger charge is -2.17. The SMILES string of the molecule is CNC(CCc1ccccc1)COc1ccccc1. The predicted molar refractivity (Wildman–Crippen MR) is 79.5 cm³/mol. The van der Waals surface area contributed by atoms with Crippen molar-refractivity contribution >= 4 is 0 Å². The van der Waals surface area contributed by atoms with E-state index in [9.17, 15) is 0 Å². The Morgan fingerprint density at radius 2 is 1.58 bits per heavy atom. The van der Waals surface area contributed by atoms with Crippen LogP contribution in [0.2, 0.25) is 0 Å². The molecule has 19 heavy (non-hydrogen) atoms. The minimum absolute atomic E-state index is 0.375. The normalized spacial score (nSPS) is 12.1. The van der Waals surface area contributed by atoms with Crippen molar-refractivity contribution in [3.8, 4) is 5.75 Å². The number of likely N-dealkylation sites (N-methyl/N-ethyl adjacent to an activating group) is 1. The van der Waals surface area contributed by atoms with Crippen LogP contribution in [0, 0.1) is 0 Å². The lowest BCUT2D eigenvalue weighted by Crippen LogP contribution is -2.32. The van der Waals surface area contributed by atoms with E-state index in [-0.39, 0.29) is 0 Å². The van der Waals surface area contributed by atoms with Crippen LogP contribution in [0.25, 0.3) is 0 Å². The van der Waals surface area contributed by atoms with E-state index >= 15 is 0 Å². The second kappa shape index (κ2) is 7.59. The van der Waals surface area contributed by atoms with E-state index in [2.05, 4.69) is 35.6 Å². The van der Waals surface area contributed by atoms with Gasteiger partial charge in [-0.25, -0.2) is 0 Å².